The molecule has 2 aliphatic heterocycles. The van der Waals surface area contributed by atoms with E-state index in [-0.39, 0.29) is 11.8 Å². The Balaban J connectivity index is 1.84. The van der Waals surface area contributed by atoms with E-state index in [9.17, 15) is 13.6 Å². The predicted octanol–water partition coefficient (Wildman–Crippen LogP) is 4.76. The molecule has 2 aliphatic rings. The molecule has 1 atom stereocenters. The molecule has 0 unspecified atom stereocenters. The Bertz CT molecular complexity index is 1250. The Morgan fingerprint density at radius 2 is 1.94 bits per heavy atom. The molecule has 1 saturated heterocycles. The number of methoxy groups -OCH3 is 1. The zero-order chi connectivity index (χ0) is 22.4. The van der Waals surface area contributed by atoms with Gasteiger partial charge in [-0.2, -0.15) is 4.98 Å². The first-order valence-electron chi connectivity index (χ1n) is 10.9. The number of thioether (sulfide) groups is 1. The van der Waals surface area contributed by atoms with E-state index in [2.05, 4.69) is 9.88 Å². The molecule has 0 aliphatic carbocycles. The number of halogens is 2. The Morgan fingerprint density at radius 1 is 1.16 bits per heavy atom. The van der Waals surface area contributed by atoms with Gasteiger partial charge in [0, 0.05) is 53.4 Å². The smallest absolute Gasteiger partial charge is 0.350 e. The minimum Gasteiger partial charge on any atom is -0.379 e. The monoisotopic (exact) mass is 457 g/mol. The third-order valence-corrected chi connectivity index (χ3v) is 7.61. The van der Waals surface area contributed by atoms with Gasteiger partial charge in [0.05, 0.1) is 18.2 Å². The normalized spacial score (nSPS) is 18.8. The lowest BCUT2D eigenvalue weighted by Crippen LogP contribution is -2.35. The van der Waals surface area contributed by atoms with Gasteiger partial charge in [-0.3, -0.25) is 4.57 Å². The number of nitrogens with zero attached hydrogens (tertiary/aromatic N) is 3. The Kier molecular flexibility index (Phi) is 5.67. The molecule has 1 fully saturated rings. The first-order chi connectivity index (χ1) is 15.5. The van der Waals surface area contributed by atoms with Gasteiger partial charge >= 0.3 is 5.69 Å². The summed E-state index contributed by atoms with van der Waals surface area (Å²) < 4.78 is 35.8. The van der Waals surface area contributed by atoms with E-state index in [1.54, 1.807) is 23.4 Å². The highest BCUT2D eigenvalue weighted by atomic mass is 32.2. The largest absolute Gasteiger partial charge is 0.379 e. The zero-order valence-electron chi connectivity index (χ0n) is 18.2. The van der Waals surface area contributed by atoms with Crippen LogP contribution in [0.1, 0.15) is 24.8 Å². The van der Waals surface area contributed by atoms with E-state index < -0.39 is 11.6 Å². The quantitative estimate of drug-likeness (QED) is 0.568. The van der Waals surface area contributed by atoms with Crippen LogP contribution < -0.4 is 10.6 Å². The van der Waals surface area contributed by atoms with Crippen LogP contribution in [0.4, 0.5) is 14.6 Å². The van der Waals surface area contributed by atoms with Crippen LogP contribution in [0.15, 0.2) is 34.0 Å². The molecule has 5 rings (SSSR count). The number of benzene rings is 2. The van der Waals surface area contributed by atoms with E-state index in [4.69, 9.17) is 4.74 Å². The van der Waals surface area contributed by atoms with E-state index in [1.807, 2.05) is 13.0 Å². The fourth-order valence-electron chi connectivity index (χ4n) is 4.78. The highest BCUT2D eigenvalue weighted by molar-refractivity contribution is 7.99. The maximum absolute atomic E-state index is 14.9. The van der Waals surface area contributed by atoms with Crippen molar-refractivity contribution in [3.8, 4) is 11.1 Å². The second-order valence-electron chi connectivity index (χ2n) is 8.46. The summed E-state index contributed by atoms with van der Waals surface area (Å²) in [5.41, 5.74) is 2.34. The Morgan fingerprint density at radius 3 is 2.66 bits per heavy atom. The van der Waals surface area contributed by atoms with Crippen molar-refractivity contribution in [3.05, 3.63) is 51.9 Å². The Labute approximate surface area is 189 Å². The third kappa shape index (κ3) is 3.59. The fraction of sp³-hybridized carbons (Fsp3) is 0.417. The first-order valence-corrected chi connectivity index (χ1v) is 11.9. The lowest BCUT2D eigenvalue weighted by atomic mass is 9.97. The van der Waals surface area contributed by atoms with Gasteiger partial charge < -0.3 is 9.64 Å². The topological polar surface area (TPSA) is 47.4 Å². The highest BCUT2D eigenvalue weighted by Crippen LogP contribution is 2.44. The lowest BCUT2D eigenvalue weighted by Gasteiger charge is -2.29. The Hall–Kier alpha value is -2.45. The summed E-state index contributed by atoms with van der Waals surface area (Å²) in [6.07, 6.45) is 3.13. The molecule has 3 aromatic rings. The standard InChI is InChI=1S/C24H25F2N3O2S/c1-14-10-18-21-22(20(14)17-7-6-15(25)11-19(17)26)32-13-16(31-2)12-29(21)24(30)27-23(18)28-8-4-3-5-9-28/h6-7,10-11,16H,3-5,8-9,12-13H2,1-2H3/t16-/m0/s1. The first kappa shape index (κ1) is 21.4. The van der Waals surface area contributed by atoms with Crippen LogP contribution in [0.3, 0.4) is 0 Å². The predicted molar refractivity (Wildman–Crippen MR) is 124 cm³/mol. The maximum atomic E-state index is 14.9. The molecule has 0 spiro atoms. The number of ether oxygens (including phenoxy) is 1. The number of aryl methyl sites for hydroxylation is 1. The fourth-order valence-corrected chi connectivity index (χ4v) is 6.15. The van der Waals surface area contributed by atoms with Crippen molar-refractivity contribution in [1.29, 1.82) is 0 Å². The van der Waals surface area contributed by atoms with Crippen LogP contribution in [-0.2, 0) is 11.3 Å². The van der Waals surface area contributed by atoms with Gasteiger partial charge in [-0.25, -0.2) is 13.6 Å². The summed E-state index contributed by atoms with van der Waals surface area (Å²) in [7, 11) is 1.63. The molecule has 32 heavy (non-hydrogen) atoms. The second kappa shape index (κ2) is 8.48. The molecule has 0 radical (unpaired) electrons. The van der Waals surface area contributed by atoms with E-state index in [0.717, 1.165) is 53.4 Å². The van der Waals surface area contributed by atoms with Crippen molar-refractivity contribution in [3.63, 3.8) is 0 Å². The molecule has 2 aromatic carbocycles. The molecule has 5 nitrogen and oxygen atoms in total. The molecular formula is C24H25F2N3O2S. The average molecular weight is 458 g/mol. The van der Waals surface area contributed by atoms with Crippen LogP contribution in [-0.4, -0.2) is 41.6 Å². The molecule has 3 heterocycles. The van der Waals surface area contributed by atoms with Gasteiger partial charge in [-0.05, 0) is 49.9 Å². The van der Waals surface area contributed by atoms with Crippen LogP contribution in [0.5, 0.6) is 0 Å². The molecule has 8 heteroatoms. The van der Waals surface area contributed by atoms with Gasteiger partial charge in [-0.1, -0.05) is 0 Å². The van der Waals surface area contributed by atoms with Crippen molar-refractivity contribution in [2.24, 2.45) is 0 Å². The summed E-state index contributed by atoms with van der Waals surface area (Å²) >= 11 is 1.56. The van der Waals surface area contributed by atoms with Crippen LogP contribution in [0.2, 0.25) is 0 Å². The number of hydrogen-bond donors (Lipinski definition) is 0. The zero-order valence-corrected chi connectivity index (χ0v) is 19.0. The number of aromatic nitrogens is 2. The number of anilines is 1. The van der Waals surface area contributed by atoms with Gasteiger partial charge in [0.2, 0.25) is 0 Å². The van der Waals surface area contributed by atoms with E-state index >= 15 is 0 Å². The van der Waals surface area contributed by atoms with Crippen LogP contribution in [0, 0.1) is 18.6 Å². The van der Waals surface area contributed by atoms with Gasteiger partial charge in [0.15, 0.2) is 0 Å². The lowest BCUT2D eigenvalue weighted by molar-refractivity contribution is 0.107. The molecule has 0 saturated carbocycles. The molecule has 1 aromatic heterocycles. The minimum absolute atomic E-state index is 0.179. The third-order valence-electron chi connectivity index (χ3n) is 6.38. The van der Waals surface area contributed by atoms with Gasteiger partial charge in [0.1, 0.15) is 17.5 Å². The highest BCUT2D eigenvalue weighted by Gasteiger charge is 2.28. The van der Waals surface area contributed by atoms with E-state index in [0.29, 0.717) is 29.2 Å². The number of hydrogen-bond acceptors (Lipinski definition) is 5. The van der Waals surface area contributed by atoms with E-state index in [1.165, 1.54) is 18.6 Å². The summed E-state index contributed by atoms with van der Waals surface area (Å²) in [6, 6.07) is 5.65. The second-order valence-corrected chi connectivity index (χ2v) is 9.49. The number of rotatable bonds is 3. The average Bonchev–Trinajstić information content (AvgIpc) is 2.98. The molecule has 168 valence electrons. The molecular weight excluding hydrogens is 432 g/mol. The minimum atomic E-state index is -0.615. The number of piperidine rings is 1. The van der Waals surface area contributed by atoms with Crippen molar-refractivity contribution in [2.45, 2.75) is 43.7 Å². The van der Waals surface area contributed by atoms with Crippen LogP contribution in [0.25, 0.3) is 22.0 Å². The summed E-state index contributed by atoms with van der Waals surface area (Å²) in [6.45, 7) is 4.04. The van der Waals surface area contributed by atoms with Crippen molar-refractivity contribution in [1.82, 2.24) is 9.55 Å². The van der Waals surface area contributed by atoms with Crippen molar-refractivity contribution in [2.75, 3.05) is 30.9 Å². The summed E-state index contributed by atoms with van der Waals surface area (Å²) in [5, 5.41) is 0.898. The van der Waals surface area contributed by atoms with Crippen LogP contribution >= 0.6 is 11.8 Å². The van der Waals surface area contributed by atoms with Gasteiger partial charge in [0.25, 0.3) is 0 Å². The molecule has 0 amide bonds. The summed E-state index contributed by atoms with van der Waals surface area (Å²) in [5.74, 6) is 0.0884. The van der Waals surface area contributed by atoms with Gasteiger partial charge in [-0.15, -0.1) is 11.8 Å². The maximum Gasteiger partial charge on any atom is 0.350 e. The summed E-state index contributed by atoms with van der Waals surface area (Å²) in [4.78, 5) is 20.7. The molecule has 0 bridgehead atoms. The SMILES string of the molecule is CO[C@@H]1CSc2c(-c3ccc(F)cc3F)c(C)cc3c(N4CCCCC4)nc(=O)n(c23)C1. The molecule has 0 N–H and O–H groups in total. The van der Waals surface area contributed by atoms with Crippen molar-refractivity contribution >= 4 is 28.5 Å². The van der Waals surface area contributed by atoms with Crippen molar-refractivity contribution < 1.29 is 13.5 Å².